The molecule has 1 aliphatic rings. The normalized spacial score (nSPS) is 12.5. The van der Waals surface area contributed by atoms with E-state index in [2.05, 4.69) is 154 Å². The van der Waals surface area contributed by atoms with Gasteiger partial charge in [0.25, 0.3) is 0 Å². The van der Waals surface area contributed by atoms with Crippen molar-refractivity contribution in [3.8, 4) is 22.3 Å². The highest BCUT2D eigenvalue weighted by atomic mass is 79.9. The van der Waals surface area contributed by atoms with Gasteiger partial charge < -0.3 is 4.90 Å². The Morgan fingerprint density at radius 3 is 2.12 bits per heavy atom. The molecule has 0 saturated heterocycles. The van der Waals surface area contributed by atoms with Gasteiger partial charge in [-0.15, -0.1) is 11.3 Å². The first-order valence-electron chi connectivity index (χ1n) is 13.8. The summed E-state index contributed by atoms with van der Waals surface area (Å²) >= 11 is 5.50. The summed E-state index contributed by atoms with van der Waals surface area (Å²) in [4.78, 5) is 2.45. The summed E-state index contributed by atoms with van der Waals surface area (Å²) in [7, 11) is 0. The lowest BCUT2D eigenvalue weighted by atomic mass is 9.89. The second-order valence-corrected chi connectivity index (χ2v) is 12.7. The minimum absolute atomic E-state index is 1.12. The first-order chi connectivity index (χ1) is 20.2. The van der Waals surface area contributed by atoms with Crippen LogP contribution in [0.25, 0.3) is 64.0 Å². The van der Waals surface area contributed by atoms with Crippen LogP contribution < -0.4 is 4.90 Å². The molecule has 41 heavy (non-hydrogen) atoms. The first kappa shape index (κ1) is 23.3. The number of hydrogen-bond donors (Lipinski definition) is 0. The maximum atomic E-state index is 3.64. The van der Waals surface area contributed by atoms with Crippen LogP contribution in [0.15, 0.2) is 138 Å². The summed E-state index contributed by atoms with van der Waals surface area (Å²) < 4.78 is 3.74. The van der Waals surface area contributed by atoms with E-state index in [0.717, 1.165) is 4.47 Å². The Kier molecular flexibility index (Phi) is 4.98. The zero-order valence-corrected chi connectivity index (χ0v) is 24.3. The summed E-state index contributed by atoms with van der Waals surface area (Å²) in [6, 6.07) is 49.2. The van der Waals surface area contributed by atoms with Gasteiger partial charge in [-0.2, -0.15) is 0 Å². The molecule has 0 radical (unpaired) electrons. The van der Waals surface area contributed by atoms with E-state index in [-0.39, 0.29) is 0 Å². The third-order valence-electron chi connectivity index (χ3n) is 8.41. The van der Waals surface area contributed by atoms with Gasteiger partial charge in [0.05, 0.1) is 11.4 Å². The van der Waals surface area contributed by atoms with Gasteiger partial charge in [0, 0.05) is 41.3 Å². The molecule has 0 bridgehead atoms. The van der Waals surface area contributed by atoms with E-state index in [0.29, 0.717) is 0 Å². The van der Waals surface area contributed by atoms with Crippen LogP contribution in [0.4, 0.5) is 17.1 Å². The number of halogens is 1. The predicted molar refractivity (Wildman–Crippen MR) is 181 cm³/mol. The molecule has 0 N–H and O–H groups in total. The molecular formula is C38H22BrNS. The average molecular weight is 605 g/mol. The molecule has 7 aromatic carbocycles. The van der Waals surface area contributed by atoms with Crippen molar-refractivity contribution in [2.75, 3.05) is 4.90 Å². The molecule has 0 amide bonds. The van der Waals surface area contributed by atoms with Crippen molar-refractivity contribution >= 4 is 86.0 Å². The van der Waals surface area contributed by atoms with Gasteiger partial charge in [-0.25, -0.2) is 0 Å². The van der Waals surface area contributed by atoms with E-state index >= 15 is 0 Å². The van der Waals surface area contributed by atoms with E-state index in [9.17, 15) is 0 Å². The Hall–Kier alpha value is -4.44. The second-order valence-electron chi connectivity index (χ2n) is 10.7. The number of rotatable bonds is 2. The quantitative estimate of drug-likeness (QED) is 0.190. The monoisotopic (exact) mass is 603 g/mol. The Morgan fingerprint density at radius 2 is 1.22 bits per heavy atom. The summed E-state index contributed by atoms with van der Waals surface area (Å²) in [6.45, 7) is 0. The van der Waals surface area contributed by atoms with E-state index in [1.54, 1.807) is 0 Å². The number of nitrogens with zero attached hydrogens (tertiary/aromatic N) is 1. The molecule has 8 aromatic rings. The summed E-state index contributed by atoms with van der Waals surface area (Å²) in [5.74, 6) is 0. The third-order valence-corrected chi connectivity index (χ3v) is 10.0. The van der Waals surface area contributed by atoms with E-state index in [4.69, 9.17) is 0 Å². The van der Waals surface area contributed by atoms with Crippen molar-refractivity contribution in [1.82, 2.24) is 0 Å². The van der Waals surface area contributed by atoms with Crippen LogP contribution in [0.5, 0.6) is 0 Å². The summed E-state index contributed by atoms with van der Waals surface area (Å²) in [6.07, 6.45) is 0. The van der Waals surface area contributed by atoms with Gasteiger partial charge >= 0.3 is 0 Å². The average Bonchev–Trinajstić information content (AvgIpc) is 3.37. The Morgan fingerprint density at radius 1 is 0.488 bits per heavy atom. The van der Waals surface area contributed by atoms with Gasteiger partial charge in [-0.3, -0.25) is 0 Å². The van der Waals surface area contributed by atoms with Crippen molar-refractivity contribution in [1.29, 1.82) is 0 Å². The fourth-order valence-corrected chi connectivity index (χ4v) is 8.21. The number of hydrogen-bond acceptors (Lipinski definition) is 2. The Bertz CT molecular complexity index is 2340. The molecule has 1 aromatic heterocycles. The van der Waals surface area contributed by atoms with Crippen LogP contribution >= 0.6 is 27.3 Å². The van der Waals surface area contributed by atoms with Crippen LogP contribution in [-0.2, 0) is 0 Å². The maximum Gasteiger partial charge on any atom is 0.0546 e. The molecule has 0 spiro atoms. The summed E-state index contributed by atoms with van der Waals surface area (Å²) in [5, 5.41) is 7.71. The SMILES string of the molecule is Brc1ccc2c(c1)sc1cc(-c3ccc4c(c3)N(c3ccc5ccccc5c3)c3cccc5cccc-4c35)ccc12. The molecule has 0 atom stereocenters. The molecule has 1 aliphatic heterocycles. The lowest BCUT2D eigenvalue weighted by Gasteiger charge is -2.34. The lowest BCUT2D eigenvalue weighted by molar-refractivity contribution is 1.29. The molecule has 192 valence electrons. The number of benzene rings is 7. The third kappa shape index (κ3) is 3.53. The largest absolute Gasteiger partial charge is 0.309 e. The van der Waals surface area contributed by atoms with Crippen molar-refractivity contribution in [2.24, 2.45) is 0 Å². The molecule has 3 heteroatoms. The van der Waals surface area contributed by atoms with Gasteiger partial charge in [0.2, 0.25) is 0 Å². The fourth-order valence-electron chi connectivity index (χ4n) is 6.51. The number of fused-ring (bicyclic) bond motifs is 6. The fraction of sp³-hybridized carbons (Fsp3) is 0. The molecule has 0 unspecified atom stereocenters. The molecule has 2 heterocycles. The minimum Gasteiger partial charge on any atom is -0.309 e. The Labute approximate surface area is 250 Å². The van der Waals surface area contributed by atoms with E-state index < -0.39 is 0 Å². The Balaban J connectivity index is 1.28. The molecule has 0 aliphatic carbocycles. The van der Waals surface area contributed by atoms with Gasteiger partial charge in [-0.05, 0) is 75.3 Å². The highest BCUT2D eigenvalue weighted by Gasteiger charge is 2.26. The van der Waals surface area contributed by atoms with E-state index in [1.165, 1.54) is 81.0 Å². The van der Waals surface area contributed by atoms with Crippen LogP contribution in [0.3, 0.4) is 0 Å². The first-order valence-corrected chi connectivity index (χ1v) is 15.4. The number of thiophene rings is 1. The topological polar surface area (TPSA) is 3.24 Å². The molecular weight excluding hydrogens is 582 g/mol. The van der Waals surface area contributed by atoms with Crippen molar-refractivity contribution < 1.29 is 0 Å². The smallest absolute Gasteiger partial charge is 0.0546 e. The predicted octanol–water partition coefficient (Wildman–Crippen LogP) is 12.2. The molecule has 0 saturated carbocycles. The van der Waals surface area contributed by atoms with Crippen molar-refractivity contribution in [2.45, 2.75) is 0 Å². The van der Waals surface area contributed by atoms with Crippen LogP contribution in [0.2, 0.25) is 0 Å². The van der Waals surface area contributed by atoms with Crippen molar-refractivity contribution in [3.05, 3.63) is 138 Å². The zero-order valence-electron chi connectivity index (χ0n) is 21.9. The maximum absolute atomic E-state index is 3.64. The van der Waals surface area contributed by atoms with Crippen LogP contribution in [-0.4, -0.2) is 0 Å². The van der Waals surface area contributed by atoms with E-state index in [1.807, 2.05) is 11.3 Å². The van der Waals surface area contributed by atoms with Crippen molar-refractivity contribution in [3.63, 3.8) is 0 Å². The summed E-state index contributed by atoms with van der Waals surface area (Å²) in [5.41, 5.74) is 8.63. The van der Waals surface area contributed by atoms with Gasteiger partial charge in [0.1, 0.15) is 0 Å². The van der Waals surface area contributed by atoms with Gasteiger partial charge in [0.15, 0.2) is 0 Å². The highest BCUT2D eigenvalue weighted by molar-refractivity contribution is 9.10. The minimum atomic E-state index is 1.12. The highest BCUT2D eigenvalue weighted by Crippen LogP contribution is 2.52. The molecule has 9 rings (SSSR count). The molecule has 1 nitrogen and oxygen atoms in total. The zero-order chi connectivity index (χ0) is 27.1. The number of anilines is 3. The lowest BCUT2D eigenvalue weighted by Crippen LogP contribution is -2.15. The van der Waals surface area contributed by atoms with Gasteiger partial charge in [-0.1, -0.05) is 107 Å². The standard InChI is InChI=1S/C38H22BrNS/c39-28-14-18-32-31-17-13-27(21-36(31)41-37(32)22-28)26-12-16-30-33-9-3-7-24-8-4-10-34(38(24)33)40(35(30)20-26)29-15-11-23-5-1-2-6-25(23)19-29/h1-22H. The van der Waals surface area contributed by atoms with Crippen LogP contribution in [0.1, 0.15) is 0 Å². The second kappa shape index (κ2) is 8.78. The van der Waals surface area contributed by atoms with Crippen LogP contribution in [0, 0.1) is 0 Å². The molecule has 0 fully saturated rings.